The zero-order chi connectivity index (χ0) is 14.8. The van der Waals surface area contributed by atoms with Crippen LogP contribution in [-0.2, 0) is 9.63 Å². The first-order valence-corrected chi connectivity index (χ1v) is 6.67. The van der Waals surface area contributed by atoms with Crippen LogP contribution in [0.2, 0.25) is 0 Å². The Kier molecular flexibility index (Phi) is 7.42. The minimum atomic E-state index is -1.24. The minimum Gasteiger partial charge on any atom is -0.494 e. The zero-order valence-electron chi connectivity index (χ0n) is 11.5. The fourth-order valence-electron chi connectivity index (χ4n) is 1.56. The largest absolute Gasteiger partial charge is 0.494 e. The summed E-state index contributed by atoms with van der Waals surface area (Å²) in [4.78, 5) is 14.6. The Morgan fingerprint density at radius 2 is 1.95 bits per heavy atom. The van der Waals surface area contributed by atoms with E-state index in [2.05, 4.69) is 11.8 Å². The van der Waals surface area contributed by atoms with Crippen LogP contribution in [0.25, 0.3) is 0 Å². The summed E-state index contributed by atoms with van der Waals surface area (Å²) in [5, 5.41) is 8.30. The van der Waals surface area contributed by atoms with Crippen molar-refractivity contribution in [3.8, 4) is 5.75 Å². The van der Waals surface area contributed by atoms with Gasteiger partial charge in [-0.15, -0.1) is 0 Å². The van der Waals surface area contributed by atoms with Gasteiger partial charge < -0.3 is 9.84 Å². The number of ether oxygens (including phenoxy) is 1. The van der Waals surface area contributed by atoms with E-state index < -0.39 is 12.6 Å². The minimum absolute atomic E-state index is 0.0703. The van der Waals surface area contributed by atoms with E-state index in [0.717, 1.165) is 12.8 Å². The molecular formula is C14H20FNO4. The Labute approximate surface area is 117 Å². The van der Waals surface area contributed by atoms with Crippen LogP contribution in [0.4, 0.5) is 10.2 Å². The highest BCUT2D eigenvalue weighted by atomic mass is 19.2. The molecule has 1 N–H and O–H groups in total. The van der Waals surface area contributed by atoms with E-state index in [0.29, 0.717) is 12.4 Å². The number of nitrogens with zero attached hydrogens (tertiary/aromatic N) is 1. The first kappa shape index (κ1) is 16.2. The van der Waals surface area contributed by atoms with E-state index in [1.165, 1.54) is 25.0 Å². The lowest BCUT2D eigenvalue weighted by Crippen LogP contribution is -2.18. The van der Waals surface area contributed by atoms with Crippen molar-refractivity contribution < 1.29 is 24.0 Å². The van der Waals surface area contributed by atoms with Crippen LogP contribution in [0.3, 0.4) is 0 Å². The van der Waals surface area contributed by atoms with Gasteiger partial charge in [0.1, 0.15) is 11.4 Å². The first-order chi connectivity index (χ1) is 9.63. The predicted molar refractivity (Wildman–Crippen MR) is 73.3 cm³/mol. The van der Waals surface area contributed by atoms with Gasteiger partial charge in [0.2, 0.25) is 0 Å². The number of benzene rings is 1. The number of rotatable bonds is 10. The average molecular weight is 285 g/mol. The van der Waals surface area contributed by atoms with Gasteiger partial charge in [-0.05, 0) is 30.7 Å². The smallest absolute Gasteiger partial charge is 0.332 e. The molecule has 0 aliphatic rings. The molecule has 0 heterocycles. The number of anilines is 1. The number of carbonyl (C=O) groups is 1. The molecule has 1 aromatic carbocycles. The van der Waals surface area contributed by atoms with Crippen molar-refractivity contribution in [1.29, 1.82) is 0 Å². The molecule has 0 spiro atoms. The van der Waals surface area contributed by atoms with Crippen molar-refractivity contribution in [1.82, 2.24) is 0 Å². The van der Waals surface area contributed by atoms with Gasteiger partial charge in [0, 0.05) is 0 Å². The molecule has 112 valence electrons. The highest BCUT2D eigenvalue weighted by Gasteiger charge is 2.08. The van der Waals surface area contributed by atoms with E-state index in [9.17, 15) is 9.28 Å². The van der Waals surface area contributed by atoms with Crippen molar-refractivity contribution >= 4 is 11.7 Å². The van der Waals surface area contributed by atoms with E-state index >= 15 is 0 Å². The third kappa shape index (κ3) is 6.38. The summed E-state index contributed by atoms with van der Waals surface area (Å²) in [5.41, 5.74) is 0.115. The van der Waals surface area contributed by atoms with Crippen molar-refractivity contribution in [3.05, 3.63) is 24.3 Å². The molecule has 5 nitrogen and oxygen atoms in total. The lowest BCUT2D eigenvalue weighted by molar-refractivity contribution is -0.145. The molecule has 0 fully saturated rings. The maximum Gasteiger partial charge on any atom is 0.332 e. The third-order valence-corrected chi connectivity index (χ3v) is 2.61. The molecule has 0 saturated carbocycles. The lowest BCUT2D eigenvalue weighted by Gasteiger charge is -2.12. The predicted octanol–water partition coefficient (Wildman–Crippen LogP) is 3.35. The van der Waals surface area contributed by atoms with Gasteiger partial charge in [-0.1, -0.05) is 36.0 Å². The fourth-order valence-corrected chi connectivity index (χ4v) is 1.56. The number of hydrogen-bond acceptors (Lipinski definition) is 4. The van der Waals surface area contributed by atoms with Gasteiger partial charge in [-0.25, -0.2) is 9.63 Å². The molecule has 6 heteroatoms. The van der Waals surface area contributed by atoms with Crippen LogP contribution >= 0.6 is 0 Å². The summed E-state index contributed by atoms with van der Waals surface area (Å²) in [5.74, 6) is -0.587. The maximum absolute atomic E-state index is 13.3. The summed E-state index contributed by atoms with van der Waals surface area (Å²) in [7, 11) is 0. The first-order valence-electron chi connectivity index (χ1n) is 6.67. The van der Waals surface area contributed by atoms with Crippen LogP contribution in [0, 0.1) is 0 Å². The van der Waals surface area contributed by atoms with Crippen molar-refractivity contribution in [2.45, 2.75) is 32.6 Å². The number of carboxylic acid groups (broad SMARTS) is 1. The monoisotopic (exact) mass is 285 g/mol. The zero-order valence-corrected chi connectivity index (χ0v) is 11.5. The van der Waals surface area contributed by atoms with Crippen LogP contribution in [-0.4, -0.2) is 24.3 Å². The summed E-state index contributed by atoms with van der Waals surface area (Å²) in [6, 6.07) is 6.16. The topological polar surface area (TPSA) is 59.0 Å². The Balaban J connectivity index is 2.33. The van der Waals surface area contributed by atoms with Crippen molar-refractivity contribution in [3.63, 3.8) is 0 Å². The number of halogens is 1. The maximum atomic E-state index is 13.3. The Hall–Kier alpha value is -1.82. The standard InChI is InChI=1S/C14H20FNO4/c1-2-3-4-5-10-19-13-8-6-12(7-9-13)16(15)20-11-14(17)18/h6-9H,2-5,10-11H2,1H3,(H,17,18). The van der Waals surface area contributed by atoms with Crippen molar-refractivity contribution in [2.75, 3.05) is 18.5 Å². The Bertz CT molecular complexity index is 397. The molecule has 0 amide bonds. The second-order valence-corrected chi connectivity index (χ2v) is 4.32. The molecule has 0 atom stereocenters. The van der Waals surface area contributed by atoms with Gasteiger partial charge in [-0.3, -0.25) is 0 Å². The molecule has 0 aromatic heterocycles. The van der Waals surface area contributed by atoms with Gasteiger partial charge in [0.15, 0.2) is 6.61 Å². The fraction of sp³-hybridized carbons (Fsp3) is 0.500. The SMILES string of the molecule is CCCCCCOc1ccc(N(F)OCC(=O)O)cc1. The molecule has 0 saturated heterocycles. The van der Waals surface area contributed by atoms with E-state index in [1.54, 1.807) is 12.1 Å². The second-order valence-electron chi connectivity index (χ2n) is 4.32. The quantitative estimate of drug-likeness (QED) is 0.406. The second kappa shape index (κ2) is 9.14. The van der Waals surface area contributed by atoms with Crippen LogP contribution in [0.5, 0.6) is 5.75 Å². The summed E-state index contributed by atoms with van der Waals surface area (Å²) < 4.78 is 18.8. The number of hydrogen-bond donors (Lipinski definition) is 1. The van der Waals surface area contributed by atoms with Crippen molar-refractivity contribution in [2.24, 2.45) is 0 Å². The van der Waals surface area contributed by atoms with E-state index in [1.807, 2.05) is 0 Å². The molecule has 20 heavy (non-hydrogen) atoms. The lowest BCUT2D eigenvalue weighted by atomic mass is 10.2. The normalized spacial score (nSPS) is 10.3. The number of aliphatic carboxylic acids is 1. The Morgan fingerprint density at radius 1 is 1.25 bits per heavy atom. The third-order valence-electron chi connectivity index (χ3n) is 2.61. The molecule has 0 radical (unpaired) electrons. The Morgan fingerprint density at radius 3 is 2.55 bits per heavy atom. The molecule has 0 bridgehead atoms. The van der Waals surface area contributed by atoms with E-state index in [4.69, 9.17) is 9.84 Å². The van der Waals surface area contributed by atoms with Gasteiger partial charge in [-0.2, -0.15) is 0 Å². The highest BCUT2D eigenvalue weighted by Crippen LogP contribution is 2.20. The average Bonchev–Trinajstić information content (AvgIpc) is 2.45. The van der Waals surface area contributed by atoms with Crippen LogP contribution in [0.1, 0.15) is 32.6 Å². The van der Waals surface area contributed by atoms with Gasteiger partial charge >= 0.3 is 5.97 Å². The molecule has 0 aliphatic carbocycles. The van der Waals surface area contributed by atoms with Gasteiger partial charge in [0.25, 0.3) is 0 Å². The number of unbranched alkanes of at least 4 members (excludes halogenated alkanes) is 3. The van der Waals surface area contributed by atoms with Crippen LogP contribution < -0.4 is 10.0 Å². The molecule has 1 rings (SSSR count). The molecule has 0 aliphatic heterocycles. The van der Waals surface area contributed by atoms with Crippen LogP contribution in [0.15, 0.2) is 24.3 Å². The molecule has 1 aromatic rings. The summed E-state index contributed by atoms with van der Waals surface area (Å²) >= 11 is 0. The summed E-state index contributed by atoms with van der Waals surface area (Å²) in [6.07, 6.45) is 4.50. The molecule has 0 unspecified atom stereocenters. The number of carboxylic acids is 1. The highest BCUT2D eigenvalue weighted by molar-refractivity contribution is 5.68. The summed E-state index contributed by atoms with van der Waals surface area (Å²) in [6.45, 7) is 2.05. The van der Waals surface area contributed by atoms with E-state index in [-0.39, 0.29) is 11.0 Å². The van der Waals surface area contributed by atoms with Gasteiger partial charge in [0.05, 0.1) is 6.61 Å². The molecular weight excluding hydrogens is 265 g/mol.